The van der Waals surface area contributed by atoms with E-state index in [1.54, 1.807) is 7.11 Å². The van der Waals surface area contributed by atoms with E-state index in [9.17, 15) is 0 Å². The Morgan fingerprint density at radius 2 is 1.94 bits per heavy atom. The molecule has 1 aromatic carbocycles. The van der Waals surface area contributed by atoms with Crippen LogP contribution in [0.3, 0.4) is 0 Å². The lowest BCUT2D eigenvalue weighted by atomic mass is 10.1. The molecule has 100 valence electrons. The lowest BCUT2D eigenvalue weighted by Crippen LogP contribution is -2.39. The van der Waals surface area contributed by atoms with Crippen molar-refractivity contribution in [2.45, 2.75) is 38.0 Å². The summed E-state index contributed by atoms with van der Waals surface area (Å²) in [5.41, 5.74) is 1.23. The second-order valence-electron chi connectivity index (χ2n) is 5.13. The van der Waals surface area contributed by atoms with Crippen molar-refractivity contribution < 1.29 is 4.74 Å². The summed E-state index contributed by atoms with van der Waals surface area (Å²) in [4.78, 5) is 0. The van der Waals surface area contributed by atoms with Crippen LogP contribution in [-0.4, -0.2) is 32.3 Å². The van der Waals surface area contributed by atoms with Crippen molar-refractivity contribution in [3.63, 3.8) is 0 Å². The van der Waals surface area contributed by atoms with E-state index in [1.807, 2.05) is 6.07 Å². The Kier molecular flexibility index (Phi) is 5.17. The second-order valence-corrected chi connectivity index (χ2v) is 5.13. The molecule has 0 bridgehead atoms. The number of hydrogen-bond donors (Lipinski definition) is 2. The van der Waals surface area contributed by atoms with Gasteiger partial charge >= 0.3 is 0 Å². The quantitative estimate of drug-likeness (QED) is 0.739. The molecule has 2 rings (SSSR count). The lowest BCUT2D eigenvalue weighted by molar-refractivity contribution is 0.0998. The van der Waals surface area contributed by atoms with Gasteiger partial charge in [0.2, 0.25) is 0 Å². The molecule has 0 heterocycles. The van der Waals surface area contributed by atoms with Gasteiger partial charge in [-0.15, -0.1) is 0 Å². The highest BCUT2D eigenvalue weighted by Crippen LogP contribution is 2.18. The molecular formula is C15H24N2O. The first-order valence-electron chi connectivity index (χ1n) is 6.84. The van der Waals surface area contributed by atoms with Crippen molar-refractivity contribution in [3.05, 3.63) is 35.9 Å². The summed E-state index contributed by atoms with van der Waals surface area (Å²) in [5.74, 6) is 0. The van der Waals surface area contributed by atoms with E-state index in [2.05, 4.69) is 41.8 Å². The van der Waals surface area contributed by atoms with E-state index in [0.29, 0.717) is 6.04 Å². The van der Waals surface area contributed by atoms with Gasteiger partial charge < -0.3 is 15.4 Å². The van der Waals surface area contributed by atoms with Gasteiger partial charge in [-0.25, -0.2) is 0 Å². The highest BCUT2D eigenvalue weighted by Gasteiger charge is 2.21. The van der Waals surface area contributed by atoms with Gasteiger partial charge in [-0.3, -0.25) is 0 Å². The van der Waals surface area contributed by atoms with E-state index in [-0.39, 0.29) is 6.10 Å². The van der Waals surface area contributed by atoms with Gasteiger partial charge in [0, 0.05) is 32.3 Å². The first kappa shape index (κ1) is 13.5. The van der Waals surface area contributed by atoms with Crippen LogP contribution in [0.15, 0.2) is 30.3 Å². The zero-order valence-electron chi connectivity index (χ0n) is 11.4. The molecular weight excluding hydrogens is 224 g/mol. The predicted octanol–water partition coefficient (Wildman–Crippen LogP) is 2.10. The van der Waals surface area contributed by atoms with E-state index in [4.69, 9.17) is 4.74 Å². The van der Waals surface area contributed by atoms with Crippen LogP contribution in [0.4, 0.5) is 0 Å². The molecule has 1 saturated carbocycles. The number of nitrogens with one attached hydrogen (secondary N) is 2. The van der Waals surface area contributed by atoms with Crippen molar-refractivity contribution in [2.75, 3.05) is 20.2 Å². The third-order valence-electron chi connectivity index (χ3n) is 3.40. The highest BCUT2D eigenvalue weighted by atomic mass is 16.5. The van der Waals surface area contributed by atoms with E-state index in [1.165, 1.54) is 18.4 Å². The third-order valence-corrected chi connectivity index (χ3v) is 3.40. The molecule has 2 N–H and O–H groups in total. The number of benzene rings is 1. The summed E-state index contributed by atoms with van der Waals surface area (Å²) < 4.78 is 5.54. The number of hydrogen-bond acceptors (Lipinski definition) is 3. The fourth-order valence-corrected chi connectivity index (χ4v) is 2.02. The highest BCUT2D eigenvalue weighted by molar-refractivity contribution is 5.17. The Hall–Kier alpha value is -0.900. The molecule has 3 heteroatoms. The van der Waals surface area contributed by atoms with Gasteiger partial charge in [0.05, 0.1) is 6.10 Å². The second kappa shape index (κ2) is 6.88. The van der Waals surface area contributed by atoms with Gasteiger partial charge in [-0.05, 0) is 25.3 Å². The molecule has 0 aromatic heterocycles. The van der Waals surface area contributed by atoms with Gasteiger partial charge in [-0.2, -0.15) is 0 Å². The molecule has 3 nitrogen and oxygen atoms in total. The fraction of sp³-hybridized carbons (Fsp3) is 0.600. The van der Waals surface area contributed by atoms with Crippen molar-refractivity contribution in [1.29, 1.82) is 0 Å². The van der Waals surface area contributed by atoms with Crippen LogP contribution in [0.25, 0.3) is 0 Å². The number of rotatable bonds is 8. The molecule has 2 unspecified atom stereocenters. The standard InChI is InChI=1S/C15H24N2O/c1-12(10-17-14-8-9-14)16-11-15(18-2)13-6-4-3-5-7-13/h3-7,12,14-17H,8-11H2,1-2H3. The Morgan fingerprint density at radius 3 is 2.56 bits per heavy atom. The van der Waals surface area contributed by atoms with Gasteiger partial charge in [0.25, 0.3) is 0 Å². The van der Waals surface area contributed by atoms with E-state index < -0.39 is 0 Å². The zero-order valence-corrected chi connectivity index (χ0v) is 11.4. The Morgan fingerprint density at radius 1 is 1.22 bits per heavy atom. The molecule has 0 amide bonds. The van der Waals surface area contributed by atoms with Crippen molar-refractivity contribution in [3.8, 4) is 0 Å². The number of ether oxygens (including phenoxy) is 1. The van der Waals surface area contributed by atoms with Crippen molar-refractivity contribution in [1.82, 2.24) is 10.6 Å². The van der Waals surface area contributed by atoms with Crippen molar-refractivity contribution in [2.24, 2.45) is 0 Å². The lowest BCUT2D eigenvalue weighted by Gasteiger charge is -2.20. The molecule has 0 radical (unpaired) electrons. The molecule has 1 aromatic rings. The molecule has 0 aliphatic heterocycles. The molecule has 1 aliphatic carbocycles. The van der Waals surface area contributed by atoms with E-state index >= 15 is 0 Å². The van der Waals surface area contributed by atoms with Crippen LogP contribution >= 0.6 is 0 Å². The SMILES string of the molecule is COC(CNC(C)CNC1CC1)c1ccccc1. The monoisotopic (exact) mass is 248 g/mol. The topological polar surface area (TPSA) is 33.3 Å². The first-order chi connectivity index (χ1) is 8.79. The van der Waals surface area contributed by atoms with Gasteiger partial charge in [0.15, 0.2) is 0 Å². The minimum Gasteiger partial charge on any atom is -0.375 e. The van der Waals surface area contributed by atoms with Crippen LogP contribution in [0.5, 0.6) is 0 Å². The summed E-state index contributed by atoms with van der Waals surface area (Å²) in [7, 11) is 1.77. The Bertz CT molecular complexity index is 338. The zero-order chi connectivity index (χ0) is 12.8. The van der Waals surface area contributed by atoms with Crippen LogP contribution < -0.4 is 10.6 Å². The average molecular weight is 248 g/mol. The minimum absolute atomic E-state index is 0.134. The smallest absolute Gasteiger partial charge is 0.0945 e. The molecule has 0 spiro atoms. The van der Waals surface area contributed by atoms with Crippen LogP contribution in [0, 0.1) is 0 Å². The van der Waals surface area contributed by atoms with Crippen LogP contribution in [-0.2, 0) is 4.74 Å². The molecule has 2 atom stereocenters. The summed E-state index contributed by atoms with van der Waals surface area (Å²) in [6.07, 6.45) is 2.82. The molecule has 0 saturated heterocycles. The summed E-state index contributed by atoms with van der Waals surface area (Å²) in [6, 6.07) is 11.6. The fourth-order valence-electron chi connectivity index (χ4n) is 2.02. The van der Waals surface area contributed by atoms with Gasteiger partial charge in [0.1, 0.15) is 0 Å². The Balaban J connectivity index is 1.72. The maximum Gasteiger partial charge on any atom is 0.0945 e. The normalized spacial score (nSPS) is 18.6. The first-order valence-corrected chi connectivity index (χ1v) is 6.84. The predicted molar refractivity (Wildman–Crippen MR) is 74.7 cm³/mol. The summed E-state index contributed by atoms with van der Waals surface area (Å²) in [6.45, 7) is 4.11. The van der Waals surface area contributed by atoms with Crippen LogP contribution in [0.2, 0.25) is 0 Å². The Labute approximate surface area is 110 Å². The molecule has 1 aliphatic rings. The number of methoxy groups -OCH3 is 1. The van der Waals surface area contributed by atoms with Crippen molar-refractivity contribution >= 4 is 0 Å². The molecule has 1 fully saturated rings. The van der Waals surface area contributed by atoms with Gasteiger partial charge in [-0.1, -0.05) is 30.3 Å². The maximum atomic E-state index is 5.54. The average Bonchev–Trinajstić information content (AvgIpc) is 3.22. The summed E-state index contributed by atoms with van der Waals surface area (Å²) >= 11 is 0. The largest absolute Gasteiger partial charge is 0.375 e. The third kappa shape index (κ3) is 4.41. The maximum absolute atomic E-state index is 5.54. The minimum atomic E-state index is 0.134. The van der Waals surface area contributed by atoms with E-state index in [0.717, 1.165) is 19.1 Å². The van der Waals surface area contributed by atoms with Crippen LogP contribution in [0.1, 0.15) is 31.4 Å². The summed E-state index contributed by atoms with van der Waals surface area (Å²) in [5, 5.41) is 7.06. The molecule has 18 heavy (non-hydrogen) atoms.